The lowest BCUT2D eigenvalue weighted by Gasteiger charge is -2.46. The van der Waals surface area contributed by atoms with E-state index in [9.17, 15) is 23.1 Å². The molecule has 5 rings (SSSR count). The zero-order chi connectivity index (χ0) is 23.5. The minimum absolute atomic E-state index is 0.0152. The molecule has 3 aromatic rings. The Morgan fingerprint density at radius 2 is 2.00 bits per heavy atom. The summed E-state index contributed by atoms with van der Waals surface area (Å²) in [6.45, 7) is 3.36. The molecule has 0 radical (unpaired) electrons. The molecule has 8 heteroatoms. The second-order valence-corrected chi connectivity index (χ2v) is 9.21. The molecule has 172 valence electrons. The van der Waals surface area contributed by atoms with Gasteiger partial charge in [-0.15, -0.1) is 0 Å². The normalized spacial score (nSPS) is 22.4. The third kappa shape index (κ3) is 3.35. The highest BCUT2D eigenvalue weighted by Gasteiger charge is 2.48. The van der Waals surface area contributed by atoms with E-state index in [1.54, 1.807) is 12.3 Å². The largest absolute Gasteiger partial charge is 0.416 e. The molecule has 0 saturated heterocycles. The van der Waals surface area contributed by atoms with Gasteiger partial charge in [-0.3, -0.25) is 4.79 Å². The molecule has 1 aliphatic heterocycles. The van der Waals surface area contributed by atoms with Crippen LogP contribution in [0.1, 0.15) is 63.6 Å². The molecule has 1 fully saturated rings. The van der Waals surface area contributed by atoms with Crippen LogP contribution in [0, 0.1) is 12.8 Å². The monoisotopic (exact) mass is 456 g/mol. The highest BCUT2D eigenvalue weighted by Crippen LogP contribution is 2.53. The smallest absolute Gasteiger partial charge is 0.392 e. The van der Waals surface area contributed by atoms with E-state index in [1.807, 2.05) is 25.1 Å². The number of nitrogens with zero attached hydrogens (tertiary/aromatic N) is 2. The van der Waals surface area contributed by atoms with Crippen molar-refractivity contribution in [3.05, 3.63) is 81.7 Å². The van der Waals surface area contributed by atoms with E-state index in [0.717, 1.165) is 35.7 Å². The number of fused-ring (bicyclic) bond motifs is 1. The number of carbonyl (C=O) groups excluding carboxylic acids is 1. The van der Waals surface area contributed by atoms with Gasteiger partial charge in [-0.05, 0) is 66.6 Å². The van der Waals surface area contributed by atoms with Crippen LogP contribution in [0.15, 0.2) is 47.2 Å². The summed E-state index contributed by atoms with van der Waals surface area (Å²) < 4.78 is 46.3. The highest BCUT2D eigenvalue weighted by molar-refractivity contribution is 6.10. The lowest BCUT2D eigenvalue weighted by Crippen LogP contribution is -2.42. The Kier molecular flexibility index (Phi) is 4.90. The fourth-order valence-electron chi connectivity index (χ4n) is 5.44. The number of halogens is 3. The number of aliphatic hydroxyl groups excluding tert-OH is 1. The van der Waals surface area contributed by atoms with Crippen LogP contribution in [0.5, 0.6) is 0 Å². The van der Waals surface area contributed by atoms with Gasteiger partial charge in [-0.1, -0.05) is 24.2 Å². The number of aromatic nitrogens is 1. The Balaban J connectivity index is 1.56. The number of alkyl halides is 3. The van der Waals surface area contributed by atoms with Gasteiger partial charge in [0.05, 0.1) is 24.4 Å². The van der Waals surface area contributed by atoms with Gasteiger partial charge in [0.25, 0.3) is 5.91 Å². The van der Waals surface area contributed by atoms with Gasteiger partial charge < -0.3 is 14.5 Å². The predicted octanol–water partition coefficient (Wildman–Crippen LogP) is 5.37. The van der Waals surface area contributed by atoms with Gasteiger partial charge in [-0.25, -0.2) is 0 Å². The molecule has 33 heavy (non-hydrogen) atoms. The molecule has 1 amide bonds. The first-order valence-electron chi connectivity index (χ1n) is 10.8. The summed E-state index contributed by atoms with van der Waals surface area (Å²) in [6, 6.07) is 9.69. The molecular weight excluding hydrogens is 433 g/mol. The molecule has 1 aliphatic carbocycles. The third-order valence-electron chi connectivity index (χ3n) is 6.89. The van der Waals surface area contributed by atoms with Gasteiger partial charge in [-0.2, -0.15) is 13.2 Å². The number of aryl methyl sites for hydroxylation is 1. The molecule has 0 bridgehead atoms. The summed E-state index contributed by atoms with van der Waals surface area (Å²) in [6.07, 6.45) is -1.27. The van der Waals surface area contributed by atoms with E-state index < -0.39 is 24.3 Å². The Morgan fingerprint density at radius 1 is 1.24 bits per heavy atom. The van der Waals surface area contributed by atoms with Crippen molar-refractivity contribution in [1.29, 1.82) is 0 Å². The standard InChI is InChI=1S/C25H23F3N2O3/c1-14-9-24(10-14,22-15(2)13-33-29-22)17-4-3-5-18(8-17)30-11-20-19(23(30)32)6-16(12-31)7-21(20)25(26,27)28/h3-8,13-14,31H,9-12H2,1-2H3. The number of anilines is 1. The lowest BCUT2D eigenvalue weighted by atomic mass is 9.57. The second-order valence-electron chi connectivity index (χ2n) is 9.21. The van der Waals surface area contributed by atoms with Gasteiger partial charge in [0.2, 0.25) is 0 Å². The average molecular weight is 456 g/mol. The summed E-state index contributed by atoms with van der Waals surface area (Å²) >= 11 is 0. The summed E-state index contributed by atoms with van der Waals surface area (Å²) in [4.78, 5) is 14.5. The van der Waals surface area contributed by atoms with Crippen LogP contribution < -0.4 is 4.90 Å². The Morgan fingerprint density at radius 3 is 2.61 bits per heavy atom. The molecule has 5 nitrogen and oxygen atoms in total. The van der Waals surface area contributed by atoms with Gasteiger partial charge in [0.1, 0.15) is 6.26 Å². The molecule has 2 aromatic carbocycles. The van der Waals surface area contributed by atoms with Gasteiger partial charge >= 0.3 is 6.18 Å². The first kappa shape index (κ1) is 21.7. The number of aliphatic hydroxyl groups is 1. The summed E-state index contributed by atoms with van der Waals surface area (Å²) in [5.74, 6) is -0.00901. The molecule has 1 N–H and O–H groups in total. The van der Waals surface area contributed by atoms with Crippen LogP contribution in [0.25, 0.3) is 0 Å². The van der Waals surface area contributed by atoms with E-state index in [4.69, 9.17) is 4.52 Å². The van der Waals surface area contributed by atoms with Crippen LogP contribution in [-0.2, 0) is 24.7 Å². The van der Waals surface area contributed by atoms with Crippen LogP contribution in [0.3, 0.4) is 0 Å². The molecule has 0 atom stereocenters. The topological polar surface area (TPSA) is 66.6 Å². The number of hydrogen-bond acceptors (Lipinski definition) is 4. The summed E-state index contributed by atoms with van der Waals surface area (Å²) in [5.41, 5.74) is 2.08. The lowest BCUT2D eigenvalue weighted by molar-refractivity contribution is -0.138. The van der Waals surface area contributed by atoms with Crippen LogP contribution in [0.4, 0.5) is 18.9 Å². The van der Waals surface area contributed by atoms with Crippen molar-refractivity contribution in [3.8, 4) is 0 Å². The van der Waals surface area contributed by atoms with E-state index in [2.05, 4.69) is 12.1 Å². The number of benzene rings is 2. The van der Waals surface area contributed by atoms with E-state index in [1.165, 1.54) is 11.0 Å². The fourth-order valence-corrected chi connectivity index (χ4v) is 5.44. The minimum atomic E-state index is -4.62. The van der Waals surface area contributed by atoms with Crippen molar-refractivity contribution in [2.45, 2.75) is 51.4 Å². The quantitative estimate of drug-likeness (QED) is 0.573. The SMILES string of the molecule is Cc1conc1C1(c2cccc(N3Cc4c(cc(CO)cc4C(F)(F)F)C3=O)c2)CC(C)C1. The molecule has 2 heterocycles. The van der Waals surface area contributed by atoms with Crippen molar-refractivity contribution in [2.24, 2.45) is 5.92 Å². The van der Waals surface area contributed by atoms with E-state index in [0.29, 0.717) is 11.6 Å². The maximum atomic E-state index is 13.7. The van der Waals surface area contributed by atoms with Gasteiger partial charge in [0, 0.05) is 22.2 Å². The molecule has 2 aliphatic rings. The summed E-state index contributed by atoms with van der Waals surface area (Å²) in [7, 11) is 0. The number of rotatable bonds is 4. The first-order valence-corrected chi connectivity index (χ1v) is 10.8. The average Bonchev–Trinajstić information content (AvgIpc) is 3.33. The van der Waals surface area contributed by atoms with Crippen molar-refractivity contribution < 1.29 is 27.6 Å². The maximum absolute atomic E-state index is 13.7. The Hall–Kier alpha value is -3.13. The second kappa shape index (κ2) is 7.45. The maximum Gasteiger partial charge on any atom is 0.416 e. The van der Waals surface area contributed by atoms with Gasteiger partial charge in [0.15, 0.2) is 0 Å². The minimum Gasteiger partial charge on any atom is -0.392 e. The third-order valence-corrected chi connectivity index (χ3v) is 6.89. The molecular formula is C25H23F3N2O3. The predicted molar refractivity (Wildman–Crippen MR) is 115 cm³/mol. The fraction of sp³-hybridized carbons (Fsp3) is 0.360. The van der Waals surface area contributed by atoms with Crippen molar-refractivity contribution in [1.82, 2.24) is 5.16 Å². The molecule has 0 spiro atoms. The van der Waals surface area contributed by atoms with E-state index >= 15 is 0 Å². The first-order chi connectivity index (χ1) is 15.6. The number of hydrogen-bond donors (Lipinski definition) is 1. The van der Waals surface area contributed by atoms with Crippen LogP contribution in [0.2, 0.25) is 0 Å². The zero-order valence-electron chi connectivity index (χ0n) is 18.2. The van der Waals surface area contributed by atoms with Crippen molar-refractivity contribution in [2.75, 3.05) is 4.90 Å². The molecule has 1 saturated carbocycles. The zero-order valence-corrected chi connectivity index (χ0v) is 18.2. The Bertz CT molecular complexity index is 1240. The van der Waals surface area contributed by atoms with Crippen molar-refractivity contribution >= 4 is 11.6 Å². The van der Waals surface area contributed by atoms with Crippen LogP contribution in [-0.4, -0.2) is 16.2 Å². The molecule has 0 unspecified atom stereocenters. The number of amides is 1. The van der Waals surface area contributed by atoms with Crippen LogP contribution >= 0.6 is 0 Å². The Labute approximate surface area is 188 Å². The van der Waals surface area contributed by atoms with Crippen molar-refractivity contribution in [3.63, 3.8) is 0 Å². The number of carbonyl (C=O) groups is 1. The molecule has 1 aromatic heterocycles. The highest BCUT2D eigenvalue weighted by atomic mass is 19.4. The van der Waals surface area contributed by atoms with E-state index in [-0.39, 0.29) is 28.7 Å². The summed E-state index contributed by atoms with van der Waals surface area (Å²) in [5, 5.41) is 13.7.